The molecule has 0 heterocycles. The van der Waals surface area contributed by atoms with Crippen LogP contribution in [0.2, 0.25) is 0 Å². The summed E-state index contributed by atoms with van der Waals surface area (Å²) in [4.78, 5) is 12.2. The zero-order valence-corrected chi connectivity index (χ0v) is 13.9. The smallest absolute Gasteiger partial charge is 0.251 e. The number of nitrogens with zero attached hydrogens (tertiary/aromatic N) is 1. The van der Waals surface area contributed by atoms with Gasteiger partial charge in [0.1, 0.15) is 0 Å². The van der Waals surface area contributed by atoms with Crippen LogP contribution in [0.1, 0.15) is 38.1 Å². The number of benzene rings is 1. The average molecular weight is 312 g/mol. The van der Waals surface area contributed by atoms with Crippen LogP contribution in [0.25, 0.3) is 0 Å². The highest BCUT2D eigenvalue weighted by Gasteiger charge is 2.22. The Kier molecular flexibility index (Phi) is 6.36. The number of carbonyl (C=O) groups excluding carboxylic acids is 1. The molecule has 5 nitrogen and oxygen atoms in total. The van der Waals surface area contributed by atoms with E-state index in [4.69, 9.17) is 0 Å². The Balaban J connectivity index is 3.03. The predicted molar refractivity (Wildman–Crippen MR) is 83.7 cm³/mol. The maximum Gasteiger partial charge on any atom is 0.251 e. The fourth-order valence-electron chi connectivity index (χ4n) is 1.91. The Bertz CT molecular complexity index is 578. The molecule has 6 heteroatoms. The molecule has 1 amide bonds. The fourth-order valence-corrected chi connectivity index (χ4v) is 3.41. The molecular formula is C15H24N2O3S. The lowest BCUT2D eigenvalue weighted by Gasteiger charge is -2.18. The van der Waals surface area contributed by atoms with Gasteiger partial charge in [-0.3, -0.25) is 4.79 Å². The van der Waals surface area contributed by atoms with Gasteiger partial charge in [-0.2, -0.15) is 4.31 Å². The minimum Gasteiger partial charge on any atom is -0.352 e. The number of hydrogen-bond donors (Lipinski definition) is 1. The summed E-state index contributed by atoms with van der Waals surface area (Å²) < 4.78 is 26.2. The highest BCUT2D eigenvalue weighted by molar-refractivity contribution is 7.89. The predicted octanol–water partition coefficient (Wildman–Crippen LogP) is 2.10. The third-order valence-corrected chi connectivity index (χ3v) is 5.16. The average Bonchev–Trinajstić information content (AvgIpc) is 2.45. The summed E-state index contributed by atoms with van der Waals surface area (Å²) in [6.45, 7) is 8.96. The van der Waals surface area contributed by atoms with E-state index in [0.29, 0.717) is 31.1 Å². The first-order valence-electron chi connectivity index (χ1n) is 7.21. The molecule has 0 saturated carbocycles. The lowest BCUT2D eigenvalue weighted by molar-refractivity contribution is 0.0949. The molecule has 0 aliphatic heterocycles. The Morgan fingerprint density at radius 1 is 1.24 bits per heavy atom. The van der Waals surface area contributed by atoms with E-state index >= 15 is 0 Å². The second kappa shape index (κ2) is 7.56. The van der Waals surface area contributed by atoms with Crippen molar-refractivity contribution in [2.24, 2.45) is 5.92 Å². The van der Waals surface area contributed by atoms with Crippen molar-refractivity contribution in [3.8, 4) is 0 Å². The number of sulfonamides is 1. The molecule has 0 spiro atoms. The zero-order valence-electron chi connectivity index (χ0n) is 13.1. The van der Waals surface area contributed by atoms with Crippen molar-refractivity contribution in [3.05, 3.63) is 29.8 Å². The van der Waals surface area contributed by atoms with E-state index in [1.54, 1.807) is 26.0 Å². The maximum absolute atomic E-state index is 12.4. The SMILES string of the molecule is CCN(CC)S(=O)(=O)c1cccc(C(=O)NCC(C)C)c1. The maximum atomic E-state index is 12.4. The van der Waals surface area contributed by atoms with Crippen molar-refractivity contribution in [2.75, 3.05) is 19.6 Å². The summed E-state index contributed by atoms with van der Waals surface area (Å²) in [5.41, 5.74) is 0.365. The lowest BCUT2D eigenvalue weighted by atomic mass is 10.2. The van der Waals surface area contributed by atoms with Gasteiger partial charge >= 0.3 is 0 Å². The van der Waals surface area contributed by atoms with Gasteiger partial charge in [0, 0.05) is 25.2 Å². The van der Waals surface area contributed by atoms with Gasteiger partial charge in [-0.25, -0.2) is 8.42 Å². The van der Waals surface area contributed by atoms with E-state index in [0.717, 1.165) is 0 Å². The van der Waals surface area contributed by atoms with E-state index < -0.39 is 10.0 Å². The van der Waals surface area contributed by atoms with Crippen LogP contribution in [-0.4, -0.2) is 38.3 Å². The summed E-state index contributed by atoms with van der Waals surface area (Å²) in [5, 5.41) is 2.79. The van der Waals surface area contributed by atoms with E-state index in [1.165, 1.54) is 16.4 Å². The topological polar surface area (TPSA) is 66.5 Å². The van der Waals surface area contributed by atoms with Crippen molar-refractivity contribution < 1.29 is 13.2 Å². The molecule has 0 bridgehead atoms. The van der Waals surface area contributed by atoms with Gasteiger partial charge in [-0.15, -0.1) is 0 Å². The number of amides is 1. The Hall–Kier alpha value is -1.40. The lowest BCUT2D eigenvalue weighted by Crippen LogP contribution is -2.31. The van der Waals surface area contributed by atoms with E-state index in [-0.39, 0.29) is 10.8 Å². The number of carbonyl (C=O) groups is 1. The Morgan fingerprint density at radius 3 is 2.38 bits per heavy atom. The van der Waals surface area contributed by atoms with Gasteiger partial charge in [-0.1, -0.05) is 33.8 Å². The molecule has 1 aromatic rings. The van der Waals surface area contributed by atoms with Gasteiger partial charge in [-0.05, 0) is 24.1 Å². The van der Waals surface area contributed by atoms with Crippen LogP contribution in [0.4, 0.5) is 0 Å². The van der Waals surface area contributed by atoms with Crippen LogP contribution in [-0.2, 0) is 10.0 Å². The molecule has 0 aliphatic carbocycles. The van der Waals surface area contributed by atoms with Crippen molar-refractivity contribution in [1.29, 1.82) is 0 Å². The van der Waals surface area contributed by atoms with Crippen LogP contribution in [0, 0.1) is 5.92 Å². The van der Waals surface area contributed by atoms with Gasteiger partial charge in [0.2, 0.25) is 10.0 Å². The minimum absolute atomic E-state index is 0.156. The van der Waals surface area contributed by atoms with Crippen LogP contribution >= 0.6 is 0 Å². The molecule has 0 atom stereocenters. The van der Waals surface area contributed by atoms with Crippen molar-refractivity contribution >= 4 is 15.9 Å². The fraction of sp³-hybridized carbons (Fsp3) is 0.533. The second-order valence-electron chi connectivity index (χ2n) is 5.22. The largest absolute Gasteiger partial charge is 0.352 e. The molecule has 0 radical (unpaired) electrons. The molecule has 21 heavy (non-hydrogen) atoms. The summed E-state index contributed by atoms with van der Waals surface area (Å²) in [6, 6.07) is 6.17. The molecule has 0 aliphatic rings. The first-order valence-corrected chi connectivity index (χ1v) is 8.65. The third-order valence-electron chi connectivity index (χ3n) is 3.11. The number of hydrogen-bond acceptors (Lipinski definition) is 3. The molecule has 118 valence electrons. The quantitative estimate of drug-likeness (QED) is 0.838. The van der Waals surface area contributed by atoms with E-state index in [1.807, 2.05) is 13.8 Å². The van der Waals surface area contributed by atoms with Gasteiger partial charge in [0.05, 0.1) is 4.90 Å². The molecule has 0 aromatic heterocycles. The number of rotatable bonds is 7. The highest BCUT2D eigenvalue weighted by atomic mass is 32.2. The molecular weight excluding hydrogens is 288 g/mol. The van der Waals surface area contributed by atoms with Crippen molar-refractivity contribution in [2.45, 2.75) is 32.6 Å². The Labute approximate surface area is 127 Å². The third kappa shape index (κ3) is 4.54. The Morgan fingerprint density at radius 2 is 1.86 bits per heavy atom. The van der Waals surface area contributed by atoms with Crippen LogP contribution in [0.15, 0.2) is 29.2 Å². The van der Waals surface area contributed by atoms with Gasteiger partial charge in [0.15, 0.2) is 0 Å². The molecule has 1 N–H and O–H groups in total. The molecule has 1 rings (SSSR count). The van der Waals surface area contributed by atoms with Gasteiger partial charge in [0.25, 0.3) is 5.91 Å². The van der Waals surface area contributed by atoms with Gasteiger partial charge < -0.3 is 5.32 Å². The van der Waals surface area contributed by atoms with Crippen LogP contribution < -0.4 is 5.32 Å². The minimum atomic E-state index is -3.54. The van der Waals surface area contributed by atoms with Crippen molar-refractivity contribution in [1.82, 2.24) is 9.62 Å². The molecule has 0 unspecified atom stereocenters. The second-order valence-corrected chi connectivity index (χ2v) is 7.16. The first-order chi connectivity index (χ1) is 9.82. The first kappa shape index (κ1) is 17.7. The van der Waals surface area contributed by atoms with Crippen LogP contribution in [0.5, 0.6) is 0 Å². The van der Waals surface area contributed by atoms with Crippen LogP contribution in [0.3, 0.4) is 0 Å². The molecule has 0 fully saturated rings. The number of nitrogens with one attached hydrogen (secondary N) is 1. The zero-order chi connectivity index (χ0) is 16.0. The summed E-state index contributed by atoms with van der Waals surface area (Å²) in [7, 11) is -3.54. The monoisotopic (exact) mass is 312 g/mol. The summed E-state index contributed by atoms with van der Waals surface area (Å²) in [6.07, 6.45) is 0. The summed E-state index contributed by atoms with van der Waals surface area (Å²) >= 11 is 0. The van der Waals surface area contributed by atoms with Crippen molar-refractivity contribution in [3.63, 3.8) is 0 Å². The molecule has 0 saturated heterocycles. The summed E-state index contributed by atoms with van der Waals surface area (Å²) in [5.74, 6) is 0.0943. The highest BCUT2D eigenvalue weighted by Crippen LogP contribution is 2.17. The van der Waals surface area contributed by atoms with E-state index in [9.17, 15) is 13.2 Å². The standard InChI is InChI=1S/C15H24N2O3S/c1-5-17(6-2)21(19,20)14-9-7-8-13(10-14)15(18)16-11-12(3)4/h7-10,12H,5-6,11H2,1-4H3,(H,16,18). The van der Waals surface area contributed by atoms with E-state index in [2.05, 4.69) is 5.32 Å². The molecule has 1 aromatic carbocycles. The normalized spacial score (nSPS) is 11.9.